The van der Waals surface area contributed by atoms with Gasteiger partial charge in [-0.25, -0.2) is 0 Å². The van der Waals surface area contributed by atoms with Gasteiger partial charge < -0.3 is 15.3 Å². The number of unbranched alkanes of at least 4 members (excludes halogenated alkanes) is 9. The zero-order chi connectivity index (χ0) is 25.9. The third-order valence-corrected chi connectivity index (χ3v) is 6.90. The minimum atomic E-state index is -0.720. The lowest BCUT2D eigenvalue weighted by Gasteiger charge is -2.29. The van der Waals surface area contributed by atoms with E-state index in [1.54, 1.807) is 18.2 Å². The largest absolute Gasteiger partial charge is 0.481 e. The molecular formula is C27H37N3O6. The smallest absolute Gasteiger partial charge is 0.303 e. The lowest BCUT2D eigenvalue weighted by Crippen LogP contribution is -2.52. The maximum absolute atomic E-state index is 12.9. The summed E-state index contributed by atoms with van der Waals surface area (Å²) in [6.45, 7) is 0.233. The van der Waals surface area contributed by atoms with Crippen LogP contribution >= 0.6 is 0 Å². The normalized spacial score (nSPS) is 17.2. The molecule has 1 unspecified atom stereocenters. The first-order valence-corrected chi connectivity index (χ1v) is 13.1. The van der Waals surface area contributed by atoms with Crippen LogP contribution < -0.4 is 10.6 Å². The van der Waals surface area contributed by atoms with E-state index in [4.69, 9.17) is 5.11 Å². The quantitative estimate of drug-likeness (QED) is 0.245. The molecule has 36 heavy (non-hydrogen) atoms. The first kappa shape index (κ1) is 27.4. The van der Waals surface area contributed by atoms with E-state index < -0.39 is 17.9 Å². The lowest BCUT2D eigenvalue weighted by atomic mass is 10.0. The van der Waals surface area contributed by atoms with Crippen LogP contribution in [0.3, 0.4) is 0 Å². The topological polar surface area (TPSA) is 133 Å². The highest BCUT2D eigenvalue weighted by Crippen LogP contribution is 2.32. The summed E-state index contributed by atoms with van der Waals surface area (Å²) in [5.41, 5.74) is 1.80. The maximum atomic E-state index is 12.9. The minimum absolute atomic E-state index is 0.0864. The van der Waals surface area contributed by atoms with Crippen molar-refractivity contribution in [3.63, 3.8) is 0 Å². The Labute approximate surface area is 212 Å². The number of amides is 4. The highest BCUT2D eigenvalue weighted by Gasteiger charge is 2.39. The number of carboxylic acid groups (broad SMARTS) is 1. The number of hydrogen-bond acceptors (Lipinski definition) is 5. The molecule has 0 radical (unpaired) electrons. The average molecular weight is 500 g/mol. The molecule has 9 nitrogen and oxygen atoms in total. The Bertz CT molecular complexity index is 976. The summed E-state index contributed by atoms with van der Waals surface area (Å²) in [4.78, 5) is 61.1. The van der Waals surface area contributed by atoms with Gasteiger partial charge in [-0.3, -0.25) is 29.3 Å². The number of aliphatic carboxylic acids is 1. The van der Waals surface area contributed by atoms with Crippen molar-refractivity contribution in [2.45, 2.75) is 102 Å². The molecule has 1 atom stereocenters. The second kappa shape index (κ2) is 13.8. The van der Waals surface area contributed by atoms with E-state index >= 15 is 0 Å². The SMILES string of the molecule is O=C(O)CCCCCCCCCCCCC(=O)Nc1cccc2c1CN(C1CCC(=O)NC1=O)C2=O. The molecular weight excluding hydrogens is 462 g/mol. The van der Waals surface area contributed by atoms with E-state index in [-0.39, 0.29) is 37.1 Å². The Morgan fingerprint density at radius 2 is 1.53 bits per heavy atom. The average Bonchev–Trinajstić information content (AvgIpc) is 3.17. The van der Waals surface area contributed by atoms with Crippen LogP contribution in [0.25, 0.3) is 0 Å². The van der Waals surface area contributed by atoms with Gasteiger partial charge in [-0.05, 0) is 31.4 Å². The molecule has 1 saturated heterocycles. The Morgan fingerprint density at radius 3 is 2.14 bits per heavy atom. The van der Waals surface area contributed by atoms with Crippen molar-refractivity contribution in [1.82, 2.24) is 10.2 Å². The number of hydrogen-bond donors (Lipinski definition) is 3. The van der Waals surface area contributed by atoms with Crippen LogP contribution in [0, 0.1) is 0 Å². The molecule has 1 aromatic carbocycles. The van der Waals surface area contributed by atoms with Crippen molar-refractivity contribution in [1.29, 1.82) is 0 Å². The highest BCUT2D eigenvalue weighted by molar-refractivity contribution is 6.06. The van der Waals surface area contributed by atoms with Crippen molar-refractivity contribution < 1.29 is 29.1 Å². The number of piperidine rings is 1. The maximum Gasteiger partial charge on any atom is 0.303 e. The molecule has 0 bridgehead atoms. The van der Waals surface area contributed by atoms with Crippen molar-refractivity contribution in [2.24, 2.45) is 0 Å². The van der Waals surface area contributed by atoms with E-state index in [1.807, 2.05) is 0 Å². The molecule has 3 rings (SSSR count). The number of carbonyl (C=O) groups excluding carboxylic acids is 4. The highest BCUT2D eigenvalue weighted by atomic mass is 16.4. The predicted octanol–water partition coefficient (Wildman–Crippen LogP) is 4.15. The van der Waals surface area contributed by atoms with Gasteiger partial charge in [-0.1, -0.05) is 57.4 Å². The molecule has 0 saturated carbocycles. The number of nitrogens with zero attached hydrogens (tertiary/aromatic N) is 1. The van der Waals surface area contributed by atoms with Crippen LogP contribution in [0.4, 0.5) is 5.69 Å². The Morgan fingerprint density at radius 1 is 0.917 bits per heavy atom. The molecule has 9 heteroatoms. The Kier molecular flexibility index (Phi) is 10.5. The van der Waals surface area contributed by atoms with E-state index in [2.05, 4.69) is 10.6 Å². The van der Waals surface area contributed by atoms with Crippen molar-refractivity contribution >= 4 is 35.3 Å². The molecule has 0 aliphatic carbocycles. The molecule has 1 fully saturated rings. The number of carboxylic acids is 1. The van der Waals surface area contributed by atoms with Crippen LogP contribution in [0.5, 0.6) is 0 Å². The Balaban J connectivity index is 1.33. The van der Waals surface area contributed by atoms with Crippen molar-refractivity contribution in [3.8, 4) is 0 Å². The van der Waals surface area contributed by atoms with Crippen molar-refractivity contribution in [3.05, 3.63) is 29.3 Å². The molecule has 2 aliphatic rings. The van der Waals surface area contributed by atoms with Crippen LogP contribution in [-0.2, 0) is 25.7 Å². The van der Waals surface area contributed by atoms with Gasteiger partial charge in [0.15, 0.2) is 0 Å². The summed E-state index contributed by atoms with van der Waals surface area (Å²) < 4.78 is 0. The summed E-state index contributed by atoms with van der Waals surface area (Å²) in [5, 5.41) is 13.9. The van der Waals surface area contributed by atoms with E-state index in [0.29, 0.717) is 29.7 Å². The summed E-state index contributed by atoms with van der Waals surface area (Å²) in [6.07, 6.45) is 11.5. The summed E-state index contributed by atoms with van der Waals surface area (Å²) in [6, 6.07) is 4.53. The van der Waals surface area contributed by atoms with Gasteiger partial charge in [0.2, 0.25) is 17.7 Å². The fourth-order valence-electron chi connectivity index (χ4n) is 4.89. The van der Waals surface area contributed by atoms with Gasteiger partial charge in [0.1, 0.15) is 6.04 Å². The molecule has 0 spiro atoms. The molecule has 4 amide bonds. The fourth-order valence-corrected chi connectivity index (χ4v) is 4.89. The van der Waals surface area contributed by atoms with Crippen LogP contribution in [-0.4, -0.2) is 45.6 Å². The molecule has 1 aromatic rings. The summed E-state index contributed by atoms with van der Waals surface area (Å²) in [5.74, 6) is -1.83. The Hall–Kier alpha value is -3.23. The van der Waals surface area contributed by atoms with Crippen molar-refractivity contribution in [2.75, 3.05) is 5.32 Å². The van der Waals surface area contributed by atoms with E-state index in [9.17, 15) is 24.0 Å². The molecule has 196 valence electrons. The number of rotatable bonds is 15. The monoisotopic (exact) mass is 499 g/mol. The van der Waals surface area contributed by atoms with Gasteiger partial charge in [0.05, 0.1) is 0 Å². The second-order valence-electron chi connectivity index (χ2n) is 9.71. The summed E-state index contributed by atoms with van der Waals surface area (Å²) >= 11 is 0. The van der Waals surface area contributed by atoms with E-state index in [1.165, 1.54) is 17.7 Å². The molecule has 2 heterocycles. The van der Waals surface area contributed by atoms with Gasteiger partial charge >= 0.3 is 5.97 Å². The van der Waals surface area contributed by atoms with Gasteiger partial charge in [-0.2, -0.15) is 0 Å². The number of anilines is 1. The first-order chi connectivity index (χ1) is 17.4. The number of imide groups is 1. The predicted molar refractivity (Wildman–Crippen MR) is 134 cm³/mol. The number of benzene rings is 1. The van der Waals surface area contributed by atoms with Crippen LogP contribution in [0.15, 0.2) is 18.2 Å². The number of nitrogens with one attached hydrogen (secondary N) is 2. The van der Waals surface area contributed by atoms with Gasteiger partial charge in [0.25, 0.3) is 5.91 Å². The van der Waals surface area contributed by atoms with Gasteiger partial charge in [-0.15, -0.1) is 0 Å². The molecule has 3 N–H and O–H groups in total. The lowest BCUT2D eigenvalue weighted by molar-refractivity contribution is -0.138. The van der Waals surface area contributed by atoms with Gasteiger partial charge in [0, 0.05) is 42.6 Å². The zero-order valence-corrected chi connectivity index (χ0v) is 20.9. The van der Waals surface area contributed by atoms with Crippen LogP contribution in [0.2, 0.25) is 0 Å². The first-order valence-electron chi connectivity index (χ1n) is 13.1. The van der Waals surface area contributed by atoms with E-state index in [0.717, 1.165) is 51.4 Å². The molecule has 0 aromatic heterocycles. The number of fused-ring (bicyclic) bond motifs is 1. The third kappa shape index (κ3) is 7.90. The standard InChI is InChI=1S/C27H37N3O6/c31-23(14-9-7-5-3-1-2-4-6-8-10-15-25(33)34)28-21-13-11-12-19-20(21)18-30(27(19)36)22-16-17-24(32)29-26(22)35/h11-13,22H,1-10,14-18H2,(H,28,31)(H,33,34)(H,29,32,35). The fraction of sp³-hybridized carbons (Fsp3) is 0.593. The molecule has 2 aliphatic heterocycles. The summed E-state index contributed by atoms with van der Waals surface area (Å²) in [7, 11) is 0. The van der Waals surface area contributed by atoms with Crippen LogP contribution in [0.1, 0.15) is 106 Å². The number of carbonyl (C=O) groups is 5. The zero-order valence-electron chi connectivity index (χ0n) is 20.9. The second-order valence-corrected chi connectivity index (χ2v) is 9.71. The third-order valence-electron chi connectivity index (χ3n) is 6.90. The minimum Gasteiger partial charge on any atom is -0.481 e.